The summed E-state index contributed by atoms with van der Waals surface area (Å²) >= 11 is 0. The summed E-state index contributed by atoms with van der Waals surface area (Å²) in [5, 5.41) is 3.30. The third-order valence-corrected chi connectivity index (χ3v) is 5.32. The Bertz CT molecular complexity index is 501. The molecule has 0 spiro atoms. The smallest absolute Gasteiger partial charge is 0.203 e. The molecule has 1 aliphatic carbocycles. The van der Waals surface area contributed by atoms with Gasteiger partial charge in [-0.05, 0) is 26.7 Å². The fraction of sp³-hybridized carbons (Fsp3) is 0.727. The van der Waals surface area contributed by atoms with Crippen LogP contribution >= 0.6 is 0 Å². The van der Waals surface area contributed by atoms with Gasteiger partial charge in [0.2, 0.25) is 5.95 Å². The van der Waals surface area contributed by atoms with Gasteiger partial charge in [0.05, 0.1) is 4.75 Å². The van der Waals surface area contributed by atoms with Crippen molar-refractivity contribution in [1.29, 1.82) is 0 Å². The van der Waals surface area contributed by atoms with E-state index in [0.29, 0.717) is 12.6 Å². The molecule has 0 aliphatic heterocycles. The van der Waals surface area contributed by atoms with Crippen LogP contribution in [0.1, 0.15) is 26.7 Å². The second kappa shape index (κ2) is 4.01. The van der Waals surface area contributed by atoms with Crippen LogP contribution in [0, 0.1) is 0 Å². The van der Waals surface area contributed by atoms with E-state index in [4.69, 9.17) is 0 Å². The van der Waals surface area contributed by atoms with Gasteiger partial charge in [-0.25, -0.2) is 13.4 Å². The summed E-state index contributed by atoms with van der Waals surface area (Å²) in [5.74, 6) is 0.768. The number of rotatable bonds is 5. The minimum Gasteiger partial charge on any atom is -0.353 e. The van der Waals surface area contributed by atoms with E-state index >= 15 is 0 Å². The number of nitrogens with zero attached hydrogens (tertiary/aromatic N) is 2. The highest BCUT2D eigenvalue weighted by molar-refractivity contribution is 7.92. The Morgan fingerprint density at radius 3 is 2.71 bits per heavy atom. The number of hydrogen-bond donors (Lipinski definition) is 1. The van der Waals surface area contributed by atoms with E-state index in [1.54, 1.807) is 20.0 Å². The molecule has 5 nitrogen and oxygen atoms in total. The van der Waals surface area contributed by atoms with Crippen molar-refractivity contribution in [3.05, 3.63) is 12.4 Å². The van der Waals surface area contributed by atoms with Crippen LogP contribution in [-0.2, 0) is 16.4 Å². The number of imidazole rings is 1. The molecular weight excluding hydrogens is 238 g/mol. The summed E-state index contributed by atoms with van der Waals surface area (Å²) in [6, 6.07) is 0.512. The first-order valence-corrected chi connectivity index (χ1v) is 7.66. The lowest BCUT2D eigenvalue weighted by molar-refractivity contribution is 0.504. The summed E-state index contributed by atoms with van der Waals surface area (Å²) in [6.07, 6.45) is 7.13. The zero-order valence-corrected chi connectivity index (χ0v) is 11.3. The highest BCUT2D eigenvalue weighted by atomic mass is 32.2. The first-order chi connectivity index (χ1) is 7.79. The van der Waals surface area contributed by atoms with Gasteiger partial charge in [-0.1, -0.05) is 0 Å². The molecule has 1 saturated carbocycles. The summed E-state index contributed by atoms with van der Waals surface area (Å²) in [6.45, 7) is 3.90. The molecule has 1 fully saturated rings. The third kappa shape index (κ3) is 2.80. The van der Waals surface area contributed by atoms with Gasteiger partial charge in [-0.15, -0.1) is 0 Å². The maximum atomic E-state index is 11.7. The molecule has 1 aromatic rings. The van der Waals surface area contributed by atoms with E-state index < -0.39 is 14.6 Å². The second-order valence-electron chi connectivity index (χ2n) is 5.33. The van der Waals surface area contributed by atoms with Crippen molar-refractivity contribution < 1.29 is 8.42 Å². The molecule has 1 aliphatic rings. The van der Waals surface area contributed by atoms with Crippen LogP contribution in [0.25, 0.3) is 0 Å². The first kappa shape index (κ1) is 12.4. The van der Waals surface area contributed by atoms with Crippen molar-refractivity contribution in [1.82, 2.24) is 9.55 Å². The fourth-order valence-electron chi connectivity index (χ4n) is 1.51. The normalized spacial score (nSPS) is 17.1. The Morgan fingerprint density at radius 1 is 1.53 bits per heavy atom. The maximum Gasteiger partial charge on any atom is 0.203 e. The zero-order chi connectivity index (χ0) is 12.7. The third-order valence-electron chi connectivity index (χ3n) is 3.18. The SMILES string of the molecule is CC(C)(Cn1ccnc1NC1CC1)S(C)(=O)=O. The number of sulfone groups is 1. The maximum absolute atomic E-state index is 11.7. The number of anilines is 1. The number of hydrogen-bond acceptors (Lipinski definition) is 4. The first-order valence-electron chi connectivity index (χ1n) is 5.77. The molecule has 17 heavy (non-hydrogen) atoms. The van der Waals surface area contributed by atoms with Crippen molar-refractivity contribution in [3.63, 3.8) is 0 Å². The molecule has 96 valence electrons. The summed E-state index contributed by atoms with van der Waals surface area (Å²) in [7, 11) is -3.08. The van der Waals surface area contributed by atoms with E-state index in [2.05, 4.69) is 10.3 Å². The largest absolute Gasteiger partial charge is 0.353 e. The van der Waals surface area contributed by atoms with Crippen LogP contribution in [0.4, 0.5) is 5.95 Å². The molecule has 0 bridgehead atoms. The Labute approximate surface area is 102 Å². The average molecular weight is 257 g/mol. The molecule has 1 N–H and O–H groups in total. The molecule has 2 rings (SSSR count). The lowest BCUT2D eigenvalue weighted by Crippen LogP contribution is -2.36. The van der Waals surface area contributed by atoms with Gasteiger partial charge >= 0.3 is 0 Å². The van der Waals surface area contributed by atoms with E-state index in [1.807, 2.05) is 10.8 Å². The molecule has 0 aromatic carbocycles. The van der Waals surface area contributed by atoms with Gasteiger partial charge in [0.25, 0.3) is 0 Å². The topological polar surface area (TPSA) is 64.0 Å². The molecule has 0 radical (unpaired) electrons. The van der Waals surface area contributed by atoms with Crippen molar-refractivity contribution in [2.24, 2.45) is 0 Å². The molecule has 6 heteroatoms. The lowest BCUT2D eigenvalue weighted by Gasteiger charge is -2.24. The molecule has 0 unspecified atom stereocenters. The van der Waals surface area contributed by atoms with Gasteiger partial charge in [-0.3, -0.25) is 0 Å². The Hall–Kier alpha value is -1.04. The molecule has 0 saturated heterocycles. The summed E-state index contributed by atoms with van der Waals surface area (Å²) in [4.78, 5) is 4.22. The minimum absolute atomic E-state index is 0.418. The van der Waals surface area contributed by atoms with Crippen LogP contribution in [-0.4, -0.2) is 35.0 Å². The number of aromatic nitrogens is 2. The quantitative estimate of drug-likeness (QED) is 0.863. The fourth-order valence-corrected chi connectivity index (χ4v) is 1.89. The van der Waals surface area contributed by atoms with E-state index in [1.165, 1.54) is 19.1 Å². The van der Waals surface area contributed by atoms with E-state index in [0.717, 1.165) is 5.95 Å². The van der Waals surface area contributed by atoms with Crippen LogP contribution in [0.5, 0.6) is 0 Å². The van der Waals surface area contributed by atoms with Gasteiger partial charge in [0.1, 0.15) is 0 Å². The summed E-state index contributed by atoms with van der Waals surface area (Å²) < 4.78 is 24.4. The van der Waals surface area contributed by atoms with Crippen molar-refractivity contribution >= 4 is 15.8 Å². The molecule has 1 aromatic heterocycles. The average Bonchev–Trinajstić information content (AvgIpc) is 2.87. The Kier molecular flexibility index (Phi) is 2.93. The van der Waals surface area contributed by atoms with E-state index in [-0.39, 0.29) is 0 Å². The van der Waals surface area contributed by atoms with Gasteiger partial charge < -0.3 is 9.88 Å². The Balaban J connectivity index is 2.15. The van der Waals surface area contributed by atoms with Crippen molar-refractivity contribution in [2.45, 2.75) is 44.0 Å². The molecule has 0 atom stereocenters. The highest BCUT2D eigenvalue weighted by Gasteiger charge is 2.32. The number of nitrogens with one attached hydrogen (secondary N) is 1. The monoisotopic (exact) mass is 257 g/mol. The zero-order valence-electron chi connectivity index (χ0n) is 10.5. The second-order valence-corrected chi connectivity index (χ2v) is 7.98. The molecular formula is C11H19N3O2S. The minimum atomic E-state index is -3.08. The van der Waals surface area contributed by atoms with Crippen molar-refractivity contribution in [2.75, 3.05) is 11.6 Å². The van der Waals surface area contributed by atoms with Crippen molar-refractivity contribution in [3.8, 4) is 0 Å². The van der Waals surface area contributed by atoms with Crippen LogP contribution < -0.4 is 5.32 Å². The van der Waals surface area contributed by atoms with Crippen LogP contribution in [0.3, 0.4) is 0 Å². The van der Waals surface area contributed by atoms with Gasteiger partial charge in [-0.2, -0.15) is 0 Å². The predicted molar refractivity (Wildman–Crippen MR) is 67.8 cm³/mol. The standard InChI is InChI=1S/C11H19N3O2S/c1-11(2,17(3,15)16)8-14-7-6-12-10(14)13-9-4-5-9/h6-7,9H,4-5,8H2,1-3H3,(H,12,13). The molecule has 1 heterocycles. The van der Waals surface area contributed by atoms with Crippen LogP contribution in [0.2, 0.25) is 0 Å². The molecule has 0 amide bonds. The van der Waals surface area contributed by atoms with Gasteiger partial charge in [0.15, 0.2) is 9.84 Å². The predicted octanol–water partition coefficient (Wildman–Crippen LogP) is 1.28. The van der Waals surface area contributed by atoms with Crippen LogP contribution in [0.15, 0.2) is 12.4 Å². The van der Waals surface area contributed by atoms with Gasteiger partial charge in [0, 0.05) is 31.2 Å². The highest BCUT2D eigenvalue weighted by Crippen LogP contribution is 2.25. The van der Waals surface area contributed by atoms with E-state index in [9.17, 15) is 8.42 Å². The summed E-state index contributed by atoms with van der Waals surface area (Å²) in [5.41, 5.74) is 0. The Morgan fingerprint density at radius 2 is 2.18 bits per heavy atom. The lowest BCUT2D eigenvalue weighted by atomic mass is 10.2.